The van der Waals surface area contributed by atoms with Crippen LogP contribution < -0.4 is 0 Å². The number of ether oxygens (including phenoxy) is 5. The molecule has 0 radical (unpaired) electrons. The van der Waals surface area contributed by atoms with E-state index >= 15 is 0 Å². The van der Waals surface area contributed by atoms with E-state index in [1.54, 1.807) is 13.8 Å². The molecule has 0 unspecified atom stereocenters. The number of hydrogen-bond donors (Lipinski definition) is 0. The molecule has 0 aromatic rings. The van der Waals surface area contributed by atoms with Crippen molar-refractivity contribution in [3.8, 4) is 0 Å². The number of carbonyl (C=O) groups excluding carboxylic acids is 2. The van der Waals surface area contributed by atoms with Gasteiger partial charge < -0.3 is 23.7 Å². The van der Waals surface area contributed by atoms with Crippen LogP contribution in [0.3, 0.4) is 0 Å². The van der Waals surface area contributed by atoms with Gasteiger partial charge in [0.05, 0.1) is 31.3 Å². The van der Waals surface area contributed by atoms with Gasteiger partial charge in [0.15, 0.2) is 5.60 Å². The van der Waals surface area contributed by atoms with Crippen molar-refractivity contribution in [1.29, 1.82) is 0 Å². The summed E-state index contributed by atoms with van der Waals surface area (Å²) in [5, 5.41) is 0. The lowest BCUT2D eigenvalue weighted by molar-refractivity contribution is -0.164. The van der Waals surface area contributed by atoms with Crippen molar-refractivity contribution >= 4 is 12.1 Å². The summed E-state index contributed by atoms with van der Waals surface area (Å²) in [4.78, 5) is 22.6. The van der Waals surface area contributed by atoms with E-state index in [0.717, 1.165) is 12.5 Å². The van der Waals surface area contributed by atoms with E-state index in [0.29, 0.717) is 13.0 Å². The van der Waals surface area contributed by atoms with E-state index in [9.17, 15) is 9.59 Å². The molecule has 0 amide bonds. The zero-order valence-electron chi connectivity index (χ0n) is 14.3. The summed E-state index contributed by atoms with van der Waals surface area (Å²) in [7, 11) is 0. The summed E-state index contributed by atoms with van der Waals surface area (Å²) in [5.41, 5.74) is -1.58. The van der Waals surface area contributed by atoms with Crippen LogP contribution in [0.1, 0.15) is 34.1 Å². The highest BCUT2D eigenvalue weighted by atomic mass is 16.7. The third kappa shape index (κ3) is 9.70. The standard InChI is InChI=1S/C16H26O7/c1-7-19-13(17)16(5,6)23-10-9-15(3,4)22-12-11-21-14(18)20-8-2/h7-8H,1-2,9-12H2,3-6H3. The molecule has 0 aromatic heterocycles. The molecule has 0 spiro atoms. The number of hydrogen-bond acceptors (Lipinski definition) is 7. The zero-order valence-corrected chi connectivity index (χ0v) is 14.3. The fourth-order valence-electron chi connectivity index (χ4n) is 1.45. The summed E-state index contributed by atoms with van der Waals surface area (Å²) in [5.74, 6) is -0.514. The fourth-order valence-corrected chi connectivity index (χ4v) is 1.45. The molecule has 7 heteroatoms. The van der Waals surface area contributed by atoms with E-state index in [-0.39, 0.29) is 13.2 Å². The highest BCUT2D eigenvalue weighted by Crippen LogP contribution is 2.18. The number of carbonyl (C=O) groups is 2. The summed E-state index contributed by atoms with van der Waals surface area (Å²) in [6.45, 7) is 14.1. The first-order valence-corrected chi connectivity index (χ1v) is 7.19. The smallest absolute Gasteiger partial charge is 0.433 e. The Morgan fingerprint density at radius 1 is 0.913 bits per heavy atom. The van der Waals surface area contributed by atoms with E-state index in [1.165, 1.54) is 0 Å². The topological polar surface area (TPSA) is 80.3 Å². The van der Waals surface area contributed by atoms with E-state index in [1.807, 2.05) is 13.8 Å². The molecule has 7 nitrogen and oxygen atoms in total. The molecule has 0 aliphatic heterocycles. The SMILES string of the molecule is C=COC(=O)OCCOC(C)(C)CCOC(C)(C)C(=O)OC=C. The van der Waals surface area contributed by atoms with Crippen LogP contribution in [0.25, 0.3) is 0 Å². The molecular formula is C16H26O7. The fraction of sp³-hybridized carbons (Fsp3) is 0.625. The minimum atomic E-state index is -1.07. The van der Waals surface area contributed by atoms with Crippen LogP contribution in [0.15, 0.2) is 25.7 Å². The Balaban J connectivity index is 4.03. The molecule has 0 aliphatic rings. The third-order valence-corrected chi connectivity index (χ3v) is 2.82. The Labute approximate surface area is 137 Å². The van der Waals surface area contributed by atoms with Crippen LogP contribution in [0.4, 0.5) is 4.79 Å². The van der Waals surface area contributed by atoms with Crippen molar-refractivity contribution in [3.63, 3.8) is 0 Å². The van der Waals surface area contributed by atoms with Crippen molar-refractivity contribution in [2.24, 2.45) is 0 Å². The largest absolute Gasteiger partial charge is 0.513 e. The second-order valence-electron chi connectivity index (χ2n) is 5.67. The molecule has 0 saturated heterocycles. The minimum absolute atomic E-state index is 0.0636. The van der Waals surface area contributed by atoms with Gasteiger partial charge in [-0.3, -0.25) is 0 Å². The Kier molecular flexibility index (Phi) is 9.21. The lowest BCUT2D eigenvalue weighted by atomic mass is 10.1. The predicted octanol–water partition coefficient (Wildman–Crippen LogP) is 2.95. The first-order valence-electron chi connectivity index (χ1n) is 7.19. The lowest BCUT2D eigenvalue weighted by Crippen LogP contribution is -2.38. The van der Waals surface area contributed by atoms with Crippen molar-refractivity contribution < 1.29 is 33.3 Å². The van der Waals surface area contributed by atoms with Crippen molar-refractivity contribution in [2.75, 3.05) is 19.8 Å². The summed E-state index contributed by atoms with van der Waals surface area (Å²) in [6.07, 6.45) is 1.77. The van der Waals surface area contributed by atoms with Crippen LogP contribution in [0, 0.1) is 0 Å². The van der Waals surface area contributed by atoms with Gasteiger partial charge in [-0.25, -0.2) is 9.59 Å². The Morgan fingerprint density at radius 2 is 1.52 bits per heavy atom. The van der Waals surface area contributed by atoms with Crippen molar-refractivity contribution in [3.05, 3.63) is 25.7 Å². The predicted molar refractivity (Wildman–Crippen MR) is 83.6 cm³/mol. The monoisotopic (exact) mass is 330 g/mol. The summed E-state index contributed by atoms with van der Waals surface area (Å²) >= 11 is 0. The second-order valence-corrected chi connectivity index (χ2v) is 5.67. The van der Waals surface area contributed by atoms with Gasteiger partial charge >= 0.3 is 12.1 Å². The number of rotatable bonds is 11. The van der Waals surface area contributed by atoms with Gasteiger partial charge in [0.1, 0.15) is 6.61 Å². The molecule has 0 rings (SSSR count). The van der Waals surface area contributed by atoms with Crippen LogP contribution in [0.5, 0.6) is 0 Å². The molecule has 0 bridgehead atoms. The molecule has 0 saturated carbocycles. The van der Waals surface area contributed by atoms with Gasteiger partial charge in [0.25, 0.3) is 0 Å². The van der Waals surface area contributed by atoms with Gasteiger partial charge in [-0.1, -0.05) is 13.2 Å². The van der Waals surface area contributed by atoms with Gasteiger partial charge in [0.2, 0.25) is 0 Å². The molecule has 0 heterocycles. The van der Waals surface area contributed by atoms with E-state index < -0.39 is 23.3 Å². The van der Waals surface area contributed by atoms with E-state index in [4.69, 9.17) is 18.9 Å². The maximum absolute atomic E-state index is 11.6. The first-order chi connectivity index (χ1) is 10.6. The molecule has 0 aromatic carbocycles. The Hall–Kier alpha value is -1.86. The third-order valence-electron chi connectivity index (χ3n) is 2.82. The molecule has 23 heavy (non-hydrogen) atoms. The molecule has 0 atom stereocenters. The van der Waals surface area contributed by atoms with Crippen LogP contribution in [-0.2, 0) is 28.5 Å². The van der Waals surface area contributed by atoms with Crippen molar-refractivity contribution in [2.45, 2.75) is 45.3 Å². The molecule has 0 aliphatic carbocycles. The van der Waals surface area contributed by atoms with Crippen molar-refractivity contribution in [1.82, 2.24) is 0 Å². The normalized spacial score (nSPS) is 11.5. The Bertz CT molecular complexity index is 413. The van der Waals surface area contributed by atoms with Gasteiger partial charge in [-0.15, -0.1) is 0 Å². The van der Waals surface area contributed by atoms with E-state index in [2.05, 4.69) is 17.9 Å². The van der Waals surface area contributed by atoms with Gasteiger partial charge in [-0.2, -0.15) is 0 Å². The maximum atomic E-state index is 11.6. The Morgan fingerprint density at radius 3 is 2.09 bits per heavy atom. The summed E-state index contributed by atoms with van der Waals surface area (Å²) < 4.78 is 25.0. The van der Waals surface area contributed by atoms with Gasteiger partial charge in [0, 0.05) is 0 Å². The van der Waals surface area contributed by atoms with Crippen LogP contribution in [0.2, 0.25) is 0 Å². The lowest BCUT2D eigenvalue weighted by Gasteiger charge is -2.28. The number of esters is 1. The molecule has 0 N–H and O–H groups in total. The second kappa shape index (κ2) is 10.0. The van der Waals surface area contributed by atoms with Gasteiger partial charge in [-0.05, 0) is 34.1 Å². The summed E-state index contributed by atoms with van der Waals surface area (Å²) in [6, 6.07) is 0. The zero-order chi connectivity index (χ0) is 17.9. The molecule has 132 valence electrons. The van der Waals surface area contributed by atoms with Crippen LogP contribution in [-0.4, -0.2) is 43.1 Å². The molecule has 0 fully saturated rings. The van der Waals surface area contributed by atoms with Crippen LogP contribution >= 0.6 is 0 Å². The average Bonchev–Trinajstić information content (AvgIpc) is 2.44. The quantitative estimate of drug-likeness (QED) is 0.327. The molecular weight excluding hydrogens is 304 g/mol. The minimum Gasteiger partial charge on any atom is -0.433 e. The average molecular weight is 330 g/mol. The highest BCUT2D eigenvalue weighted by molar-refractivity contribution is 5.79. The highest BCUT2D eigenvalue weighted by Gasteiger charge is 2.31. The first kappa shape index (κ1) is 21.1. The maximum Gasteiger partial charge on any atom is 0.513 e.